The van der Waals surface area contributed by atoms with E-state index in [2.05, 4.69) is 4.98 Å². The lowest BCUT2D eigenvalue weighted by atomic mass is 9.97. The predicted octanol–water partition coefficient (Wildman–Crippen LogP) is 5.91. The van der Waals surface area contributed by atoms with Gasteiger partial charge in [0.1, 0.15) is 23.0 Å². The van der Waals surface area contributed by atoms with Crippen LogP contribution in [0.15, 0.2) is 47.3 Å². The number of hydrogen-bond acceptors (Lipinski definition) is 6. The van der Waals surface area contributed by atoms with E-state index >= 15 is 0 Å². The Morgan fingerprint density at radius 1 is 0.941 bits per heavy atom. The Balaban J connectivity index is 1.32. The van der Waals surface area contributed by atoms with Crippen molar-refractivity contribution in [1.82, 2.24) is 9.97 Å². The number of benzene rings is 2. The standard InChI is InChI=1S/C27H28N2O4S/c1-3-31-21-14-9-17(15-22(21)32-4-2)16-33-19-12-10-18(11-13-19)25-28-26(30)24-20-7-5-6-8-23(20)34-27(24)29-25/h9-15H,3-8,16H2,1-2H3,(H,28,29,30). The Kier molecular flexibility index (Phi) is 6.54. The van der Waals surface area contributed by atoms with E-state index in [0.29, 0.717) is 25.6 Å². The Bertz CT molecular complexity index is 1360. The van der Waals surface area contributed by atoms with Crippen molar-refractivity contribution in [2.45, 2.75) is 46.1 Å². The molecule has 2 aromatic heterocycles. The minimum Gasteiger partial charge on any atom is -0.490 e. The predicted molar refractivity (Wildman–Crippen MR) is 135 cm³/mol. The molecule has 0 bridgehead atoms. The van der Waals surface area contributed by atoms with Gasteiger partial charge in [-0.1, -0.05) is 6.07 Å². The van der Waals surface area contributed by atoms with Gasteiger partial charge in [0.25, 0.3) is 5.56 Å². The summed E-state index contributed by atoms with van der Waals surface area (Å²) in [5, 5.41) is 0.783. The van der Waals surface area contributed by atoms with Gasteiger partial charge in [-0.15, -0.1) is 11.3 Å². The molecule has 0 atom stereocenters. The third-order valence-corrected chi connectivity index (χ3v) is 7.15. The highest BCUT2D eigenvalue weighted by Crippen LogP contribution is 2.34. The number of aromatic amines is 1. The van der Waals surface area contributed by atoms with Gasteiger partial charge in [0.2, 0.25) is 0 Å². The fourth-order valence-electron chi connectivity index (χ4n) is 4.36. The third-order valence-electron chi connectivity index (χ3n) is 5.97. The van der Waals surface area contributed by atoms with E-state index in [-0.39, 0.29) is 5.56 Å². The minimum atomic E-state index is -0.0414. The summed E-state index contributed by atoms with van der Waals surface area (Å²) in [7, 11) is 0. The summed E-state index contributed by atoms with van der Waals surface area (Å²) < 4.78 is 17.3. The smallest absolute Gasteiger partial charge is 0.260 e. The van der Waals surface area contributed by atoms with E-state index in [4.69, 9.17) is 19.2 Å². The lowest BCUT2D eigenvalue weighted by molar-refractivity contribution is 0.283. The highest BCUT2D eigenvalue weighted by molar-refractivity contribution is 7.18. The molecule has 1 N–H and O–H groups in total. The van der Waals surface area contributed by atoms with Crippen LogP contribution in [0, 0.1) is 0 Å². The Morgan fingerprint density at radius 2 is 1.71 bits per heavy atom. The number of nitrogens with zero attached hydrogens (tertiary/aromatic N) is 1. The molecule has 0 amide bonds. The van der Waals surface area contributed by atoms with E-state index < -0.39 is 0 Å². The molecule has 34 heavy (non-hydrogen) atoms. The molecule has 2 aromatic carbocycles. The molecular formula is C27H28N2O4S. The summed E-state index contributed by atoms with van der Waals surface area (Å²) in [6.45, 7) is 5.47. The summed E-state index contributed by atoms with van der Waals surface area (Å²) in [5.74, 6) is 2.80. The second-order valence-corrected chi connectivity index (χ2v) is 9.35. The van der Waals surface area contributed by atoms with Gasteiger partial charge in [-0.25, -0.2) is 4.98 Å². The number of nitrogens with one attached hydrogen (secondary N) is 1. The second kappa shape index (κ2) is 9.89. The van der Waals surface area contributed by atoms with Gasteiger partial charge in [-0.3, -0.25) is 4.79 Å². The number of thiophene rings is 1. The summed E-state index contributed by atoms with van der Waals surface area (Å²) in [4.78, 5) is 22.8. The first kappa shape index (κ1) is 22.5. The molecule has 176 valence electrons. The maximum Gasteiger partial charge on any atom is 0.260 e. The van der Waals surface area contributed by atoms with Crippen LogP contribution in [0.3, 0.4) is 0 Å². The zero-order valence-corrected chi connectivity index (χ0v) is 20.3. The third kappa shape index (κ3) is 4.53. The van der Waals surface area contributed by atoms with Crippen LogP contribution in [0.2, 0.25) is 0 Å². The topological polar surface area (TPSA) is 73.4 Å². The zero-order valence-electron chi connectivity index (χ0n) is 19.5. The highest BCUT2D eigenvalue weighted by Gasteiger charge is 2.20. The monoisotopic (exact) mass is 476 g/mol. The van der Waals surface area contributed by atoms with Crippen LogP contribution >= 0.6 is 11.3 Å². The zero-order chi connectivity index (χ0) is 23.5. The first-order valence-electron chi connectivity index (χ1n) is 11.8. The quantitative estimate of drug-likeness (QED) is 0.342. The van der Waals surface area contributed by atoms with Crippen molar-refractivity contribution in [3.63, 3.8) is 0 Å². The van der Waals surface area contributed by atoms with Crippen LogP contribution in [0.25, 0.3) is 21.6 Å². The van der Waals surface area contributed by atoms with Crippen LogP contribution in [0.5, 0.6) is 17.2 Å². The lowest BCUT2D eigenvalue weighted by Crippen LogP contribution is -2.11. The van der Waals surface area contributed by atoms with Crippen molar-refractivity contribution in [2.75, 3.05) is 13.2 Å². The number of hydrogen-bond donors (Lipinski definition) is 1. The Morgan fingerprint density at radius 3 is 2.50 bits per heavy atom. The molecular weight excluding hydrogens is 448 g/mol. The Labute approximate surface area is 202 Å². The van der Waals surface area contributed by atoms with Gasteiger partial charge in [-0.05, 0) is 87.1 Å². The van der Waals surface area contributed by atoms with Crippen molar-refractivity contribution in [3.8, 4) is 28.6 Å². The second-order valence-electron chi connectivity index (χ2n) is 8.27. The molecule has 2 heterocycles. The van der Waals surface area contributed by atoms with Gasteiger partial charge in [0.15, 0.2) is 11.5 Å². The number of ether oxygens (including phenoxy) is 3. The summed E-state index contributed by atoms with van der Waals surface area (Å²) >= 11 is 1.67. The maximum absolute atomic E-state index is 12.8. The number of fused-ring (bicyclic) bond motifs is 3. The average Bonchev–Trinajstić information content (AvgIpc) is 3.24. The van der Waals surface area contributed by atoms with Gasteiger partial charge >= 0.3 is 0 Å². The molecule has 0 saturated carbocycles. The van der Waals surface area contributed by atoms with Crippen molar-refractivity contribution < 1.29 is 14.2 Å². The number of H-pyrrole nitrogens is 1. The number of aromatic nitrogens is 2. The molecule has 7 heteroatoms. The van der Waals surface area contributed by atoms with Crippen molar-refractivity contribution in [3.05, 3.63) is 68.8 Å². The van der Waals surface area contributed by atoms with Gasteiger partial charge in [-0.2, -0.15) is 0 Å². The normalized spacial score (nSPS) is 13.0. The fourth-order valence-corrected chi connectivity index (χ4v) is 5.62. The molecule has 0 fully saturated rings. The average molecular weight is 477 g/mol. The molecule has 1 aliphatic carbocycles. The van der Waals surface area contributed by atoms with Crippen LogP contribution in [0.1, 0.15) is 42.7 Å². The summed E-state index contributed by atoms with van der Waals surface area (Å²) in [6.07, 6.45) is 4.37. The first-order chi connectivity index (χ1) is 16.7. The van der Waals surface area contributed by atoms with Crippen molar-refractivity contribution in [1.29, 1.82) is 0 Å². The molecule has 4 aromatic rings. The van der Waals surface area contributed by atoms with E-state index in [0.717, 1.165) is 57.9 Å². The molecule has 0 unspecified atom stereocenters. The Hall–Kier alpha value is -3.32. The molecule has 1 aliphatic rings. The molecule has 5 rings (SSSR count). The van der Waals surface area contributed by atoms with Crippen LogP contribution in [0.4, 0.5) is 0 Å². The molecule has 0 saturated heterocycles. The van der Waals surface area contributed by atoms with E-state index in [1.807, 2.05) is 56.3 Å². The number of aryl methyl sites for hydroxylation is 2. The fraction of sp³-hybridized carbons (Fsp3) is 0.333. The van der Waals surface area contributed by atoms with Crippen LogP contribution < -0.4 is 19.8 Å². The molecule has 0 aliphatic heterocycles. The lowest BCUT2D eigenvalue weighted by Gasteiger charge is -2.13. The number of rotatable bonds is 8. The summed E-state index contributed by atoms with van der Waals surface area (Å²) in [6, 6.07) is 13.5. The largest absolute Gasteiger partial charge is 0.490 e. The van der Waals surface area contributed by atoms with Crippen LogP contribution in [-0.4, -0.2) is 23.2 Å². The van der Waals surface area contributed by atoms with Gasteiger partial charge in [0, 0.05) is 10.4 Å². The summed E-state index contributed by atoms with van der Waals surface area (Å²) in [5.41, 5.74) is 3.02. The van der Waals surface area contributed by atoms with Crippen molar-refractivity contribution >= 4 is 21.6 Å². The van der Waals surface area contributed by atoms with Gasteiger partial charge < -0.3 is 19.2 Å². The molecule has 0 radical (unpaired) electrons. The van der Waals surface area contributed by atoms with Gasteiger partial charge in [0.05, 0.1) is 18.6 Å². The maximum atomic E-state index is 12.8. The van der Waals surface area contributed by atoms with E-state index in [1.165, 1.54) is 16.9 Å². The SMILES string of the molecule is CCOc1ccc(COc2ccc(-c3nc4sc5c(c4c(=O)[nH]3)CCCC5)cc2)cc1OCC. The minimum absolute atomic E-state index is 0.0414. The van der Waals surface area contributed by atoms with Crippen LogP contribution in [-0.2, 0) is 19.4 Å². The first-order valence-corrected chi connectivity index (χ1v) is 12.6. The highest BCUT2D eigenvalue weighted by atomic mass is 32.1. The molecule has 6 nitrogen and oxygen atoms in total. The molecule has 0 spiro atoms. The van der Waals surface area contributed by atoms with Crippen molar-refractivity contribution in [2.24, 2.45) is 0 Å². The van der Waals surface area contributed by atoms with E-state index in [1.54, 1.807) is 11.3 Å². The van der Waals surface area contributed by atoms with E-state index in [9.17, 15) is 4.79 Å².